The molecule has 1 amide bonds. The molecule has 5 heteroatoms. The molecule has 1 aliphatic heterocycles. The number of benzene rings is 1. The third kappa shape index (κ3) is 2.84. The van der Waals surface area contributed by atoms with E-state index in [-0.39, 0.29) is 5.91 Å². The Morgan fingerprint density at radius 2 is 2.06 bits per heavy atom. The fraction of sp³-hybridized carbons (Fsp3) is 0.462. The average Bonchev–Trinajstić information content (AvgIpc) is 2.38. The van der Waals surface area contributed by atoms with Crippen LogP contribution in [0.15, 0.2) is 22.7 Å². The van der Waals surface area contributed by atoms with Gasteiger partial charge < -0.3 is 16.4 Å². The van der Waals surface area contributed by atoms with E-state index < -0.39 is 0 Å². The standard InChI is InChI=1S/C13H18BrN3O/c14-10-1-2-11(13(16)18)12(7-10)17-5-3-9(8-15)4-6-17/h1-2,7,9H,3-6,8,15H2,(H2,16,18). The van der Waals surface area contributed by atoms with Gasteiger partial charge in [0.05, 0.1) is 11.3 Å². The molecule has 1 aliphatic rings. The summed E-state index contributed by atoms with van der Waals surface area (Å²) in [7, 11) is 0. The topological polar surface area (TPSA) is 72.3 Å². The maximum Gasteiger partial charge on any atom is 0.250 e. The molecular weight excluding hydrogens is 294 g/mol. The summed E-state index contributed by atoms with van der Waals surface area (Å²) in [4.78, 5) is 13.7. The zero-order valence-electron chi connectivity index (χ0n) is 10.2. The van der Waals surface area contributed by atoms with Crippen LogP contribution in [0.4, 0.5) is 5.69 Å². The van der Waals surface area contributed by atoms with Gasteiger partial charge in [-0.25, -0.2) is 0 Å². The van der Waals surface area contributed by atoms with E-state index in [1.807, 2.05) is 12.1 Å². The van der Waals surface area contributed by atoms with Crippen LogP contribution in [0, 0.1) is 5.92 Å². The Kier molecular flexibility index (Phi) is 4.24. The summed E-state index contributed by atoms with van der Waals surface area (Å²) in [6, 6.07) is 5.58. The van der Waals surface area contributed by atoms with Crippen LogP contribution < -0.4 is 16.4 Å². The van der Waals surface area contributed by atoms with Crippen molar-refractivity contribution in [2.45, 2.75) is 12.8 Å². The van der Waals surface area contributed by atoms with E-state index in [1.54, 1.807) is 6.07 Å². The van der Waals surface area contributed by atoms with Gasteiger partial charge in [0.25, 0.3) is 5.91 Å². The second kappa shape index (κ2) is 5.71. The molecule has 1 aromatic rings. The first-order valence-electron chi connectivity index (χ1n) is 6.16. The van der Waals surface area contributed by atoms with Crippen LogP contribution in [-0.4, -0.2) is 25.5 Å². The molecule has 0 aromatic heterocycles. The van der Waals surface area contributed by atoms with Crippen molar-refractivity contribution in [3.05, 3.63) is 28.2 Å². The number of nitrogens with zero attached hydrogens (tertiary/aromatic N) is 1. The second-order valence-corrected chi connectivity index (χ2v) is 5.61. The molecule has 2 rings (SSSR count). The number of primary amides is 1. The maximum atomic E-state index is 11.5. The predicted molar refractivity (Wildman–Crippen MR) is 76.7 cm³/mol. The fourth-order valence-electron chi connectivity index (χ4n) is 2.38. The Hall–Kier alpha value is -1.07. The zero-order valence-corrected chi connectivity index (χ0v) is 11.8. The van der Waals surface area contributed by atoms with Gasteiger partial charge in [0.2, 0.25) is 0 Å². The van der Waals surface area contributed by atoms with E-state index >= 15 is 0 Å². The minimum absolute atomic E-state index is 0.376. The fourth-order valence-corrected chi connectivity index (χ4v) is 2.73. The molecule has 1 saturated heterocycles. The molecule has 1 aromatic carbocycles. The van der Waals surface area contributed by atoms with Crippen LogP contribution in [-0.2, 0) is 0 Å². The number of carbonyl (C=O) groups excluding carboxylic acids is 1. The Balaban J connectivity index is 2.22. The van der Waals surface area contributed by atoms with Gasteiger partial charge in [0.15, 0.2) is 0 Å². The number of nitrogens with two attached hydrogens (primary N) is 2. The minimum Gasteiger partial charge on any atom is -0.371 e. The molecule has 0 saturated carbocycles. The first-order valence-corrected chi connectivity index (χ1v) is 6.95. The van der Waals surface area contributed by atoms with Gasteiger partial charge in [0, 0.05) is 17.6 Å². The van der Waals surface area contributed by atoms with E-state index in [4.69, 9.17) is 11.5 Å². The second-order valence-electron chi connectivity index (χ2n) is 4.69. The number of amides is 1. The van der Waals surface area contributed by atoms with E-state index in [2.05, 4.69) is 20.8 Å². The predicted octanol–water partition coefficient (Wildman–Crippen LogP) is 1.72. The number of anilines is 1. The van der Waals surface area contributed by atoms with Crippen LogP contribution in [0.2, 0.25) is 0 Å². The van der Waals surface area contributed by atoms with Crippen molar-refractivity contribution in [3.63, 3.8) is 0 Å². The van der Waals surface area contributed by atoms with Crippen molar-refractivity contribution in [1.29, 1.82) is 0 Å². The summed E-state index contributed by atoms with van der Waals surface area (Å²) in [5.41, 5.74) is 12.6. The number of carbonyl (C=O) groups is 1. The lowest BCUT2D eigenvalue weighted by Gasteiger charge is -2.34. The Morgan fingerprint density at radius 1 is 1.39 bits per heavy atom. The normalized spacial score (nSPS) is 16.9. The summed E-state index contributed by atoms with van der Waals surface area (Å²) in [5.74, 6) is 0.226. The summed E-state index contributed by atoms with van der Waals surface area (Å²) in [5, 5.41) is 0. The van der Waals surface area contributed by atoms with Crippen LogP contribution >= 0.6 is 15.9 Å². The molecule has 0 bridgehead atoms. The molecule has 0 unspecified atom stereocenters. The highest BCUT2D eigenvalue weighted by atomic mass is 79.9. The Labute approximate surface area is 115 Å². The molecular formula is C13H18BrN3O. The van der Waals surface area contributed by atoms with Gasteiger partial charge in [-0.1, -0.05) is 15.9 Å². The van der Waals surface area contributed by atoms with Crippen molar-refractivity contribution in [2.75, 3.05) is 24.5 Å². The summed E-state index contributed by atoms with van der Waals surface area (Å²) >= 11 is 3.44. The third-order valence-corrected chi connectivity index (χ3v) is 4.01. The molecule has 0 spiro atoms. The Morgan fingerprint density at radius 3 is 2.61 bits per heavy atom. The lowest BCUT2D eigenvalue weighted by atomic mass is 9.96. The average molecular weight is 312 g/mol. The zero-order chi connectivity index (χ0) is 13.1. The van der Waals surface area contributed by atoms with Crippen LogP contribution in [0.3, 0.4) is 0 Å². The van der Waals surface area contributed by atoms with Gasteiger partial charge in [0.1, 0.15) is 0 Å². The van der Waals surface area contributed by atoms with Gasteiger partial charge in [-0.15, -0.1) is 0 Å². The van der Waals surface area contributed by atoms with Gasteiger partial charge in [-0.05, 0) is 43.5 Å². The van der Waals surface area contributed by atoms with Gasteiger partial charge in [-0.2, -0.15) is 0 Å². The Bertz CT molecular complexity index is 442. The van der Waals surface area contributed by atoms with Crippen LogP contribution in [0.1, 0.15) is 23.2 Å². The maximum absolute atomic E-state index is 11.5. The third-order valence-electron chi connectivity index (χ3n) is 3.51. The molecule has 98 valence electrons. The summed E-state index contributed by atoms with van der Waals surface area (Å²) in [6.45, 7) is 2.60. The largest absolute Gasteiger partial charge is 0.371 e. The van der Waals surface area contributed by atoms with Gasteiger partial charge in [-0.3, -0.25) is 4.79 Å². The molecule has 4 nitrogen and oxygen atoms in total. The number of hydrogen-bond acceptors (Lipinski definition) is 3. The van der Waals surface area contributed by atoms with E-state index in [9.17, 15) is 4.79 Å². The highest BCUT2D eigenvalue weighted by molar-refractivity contribution is 9.10. The number of rotatable bonds is 3. The lowest BCUT2D eigenvalue weighted by Crippen LogP contribution is -2.37. The molecule has 1 fully saturated rings. The smallest absolute Gasteiger partial charge is 0.250 e. The number of halogens is 1. The highest BCUT2D eigenvalue weighted by Crippen LogP contribution is 2.28. The lowest BCUT2D eigenvalue weighted by molar-refractivity contribution is 0.100. The summed E-state index contributed by atoms with van der Waals surface area (Å²) in [6.07, 6.45) is 2.14. The van der Waals surface area contributed by atoms with E-state index in [0.29, 0.717) is 11.5 Å². The van der Waals surface area contributed by atoms with Crippen molar-refractivity contribution in [3.8, 4) is 0 Å². The molecule has 0 atom stereocenters. The molecule has 0 radical (unpaired) electrons. The molecule has 1 heterocycles. The first kappa shape index (κ1) is 13.4. The van der Waals surface area contributed by atoms with Crippen molar-refractivity contribution in [2.24, 2.45) is 17.4 Å². The molecule has 4 N–H and O–H groups in total. The molecule has 18 heavy (non-hydrogen) atoms. The van der Waals surface area contributed by atoms with Crippen molar-refractivity contribution >= 4 is 27.5 Å². The SMILES string of the molecule is NCC1CCN(c2cc(Br)ccc2C(N)=O)CC1. The monoisotopic (exact) mass is 311 g/mol. The van der Waals surface area contributed by atoms with Crippen molar-refractivity contribution in [1.82, 2.24) is 0 Å². The van der Waals surface area contributed by atoms with Crippen molar-refractivity contribution < 1.29 is 4.79 Å². The number of hydrogen-bond donors (Lipinski definition) is 2. The number of piperidine rings is 1. The highest BCUT2D eigenvalue weighted by Gasteiger charge is 2.21. The quantitative estimate of drug-likeness (QED) is 0.893. The van der Waals surface area contributed by atoms with Crippen LogP contribution in [0.5, 0.6) is 0 Å². The minimum atomic E-state index is -0.376. The van der Waals surface area contributed by atoms with E-state index in [0.717, 1.165) is 42.6 Å². The first-order chi connectivity index (χ1) is 8.61. The van der Waals surface area contributed by atoms with E-state index in [1.165, 1.54) is 0 Å². The molecule has 0 aliphatic carbocycles. The summed E-state index contributed by atoms with van der Waals surface area (Å²) < 4.78 is 0.962. The van der Waals surface area contributed by atoms with Gasteiger partial charge >= 0.3 is 0 Å². The van der Waals surface area contributed by atoms with Crippen LogP contribution in [0.25, 0.3) is 0 Å².